The quantitative estimate of drug-likeness (QED) is 0.500. The molecule has 1 aromatic rings. The van der Waals surface area contributed by atoms with Crippen molar-refractivity contribution in [2.45, 2.75) is 5.66 Å². The minimum Gasteiger partial charge on any atom is -0.507 e. The third kappa shape index (κ3) is 5.84. The number of hydrogen-bond acceptors (Lipinski definition) is 8. The number of aliphatic imine (C=N–C) groups is 1. The number of benzene rings is 1. The third-order valence-corrected chi connectivity index (χ3v) is 4.88. The highest BCUT2D eigenvalue weighted by Crippen LogP contribution is 2.36. The molecule has 9 nitrogen and oxygen atoms in total. The highest BCUT2D eigenvalue weighted by Gasteiger charge is 2.54. The van der Waals surface area contributed by atoms with Crippen molar-refractivity contribution in [3.05, 3.63) is 28.6 Å². The standard InChI is InChI=1S/C18H22N2O7S/c1-19-18(17(22)23)12-28-16(20-18)14-4-3-13(11-15(14)21)27-10-9-26-8-7-25-6-5-24-2/h1,3-4,11H,5-10,12H2,2H3,(H-,20,21,22,23)/p+1/t18-/m1/s1. The van der Waals surface area contributed by atoms with Gasteiger partial charge < -0.3 is 29.2 Å². The van der Waals surface area contributed by atoms with Gasteiger partial charge in [-0.05, 0) is 17.0 Å². The molecule has 0 bridgehead atoms. The molecule has 0 radical (unpaired) electrons. The number of carboxylic acids is 1. The highest BCUT2D eigenvalue weighted by molar-refractivity contribution is 8.14. The molecule has 1 atom stereocenters. The van der Waals surface area contributed by atoms with Crippen LogP contribution in [-0.2, 0) is 19.0 Å². The average Bonchev–Trinajstić information content (AvgIpc) is 3.12. The van der Waals surface area contributed by atoms with Gasteiger partial charge >= 0.3 is 11.6 Å². The Kier molecular flexibility index (Phi) is 8.53. The predicted octanol–water partition coefficient (Wildman–Crippen LogP) is 1.69. The number of hydrogen-bond donors (Lipinski definition) is 2. The first kappa shape index (κ1) is 22.0. The maximum absolute atomic E-state index is 11.3. The molecule has 1 aliphatic heterocycles. The first-order valence-corrected chi connectivity index (χ1v) is 9.49. The van der Waals surface area contributed by atoms with Crippen LogP contribution in [0.3, 0.4) is 0 Å². The van der Waals surface area contributed by atoms with E-state index in [-0.39, 0.29) is 11.5 Å². The lowest BCUT2D eigenvalue weighted by Gasteiger charge is -2.09. The molecule has 1 heterocycles. The van der Waals surface area contributed by atoms with Gasteiger partial charge in [-0.25, -0.2) is 4.79 Å². The van der Waals surface area contributed by atoms with E-state index in [1.54, 1.807) is 19.2 Å². The molecule has 0 aromatic heterocycles. The molecule has 0 aliphatic carbocycles. The number of ether oxygens (including phenoxy) is 4. The largest absolute Gasteiger partial charge is 0.507 e. The van der Waals surface area contributed by atoms with Crippen molar-refractivity contribution < 1.29 is 34.0 Å². The summed E-state index contributed by atoms with van der Waals surface area (Å²) in [6, 6.07) is 4.70. The van der Waals surface area contributed by atoms with E-state index in [0.717, 1.165) is 11.8 Å². The van der Waals surface area contributed by atoms with Crippen molar-refractivity contribution in [1.29, 1.82) is 0 Å². The Bertz CT molecular complexity index is 750. The summed E-state index contributed by atoms with van der Waals surface area (Å²) in [6.45, 7) is 7.89. The van der Waals surface area contributed by atoms with Crippen molar-refractivity contribution in [3.63, 3.8) is 0 Å². The SMILES string of the molecule is C#[N+][C@]1(C(=O)O)CSC(c2ccc(OCCOCCOCCOC)cc2O)=N1. The molecule has 0 spiro atoms. The van der Waals surface area contributed by atoms with E-state index in [1.165, 1.54) is 6.07 Å². The topological polar surface area (TPSA) is 111 Å². The lowest BCUT2D eigenvalue weighted by Crippen LogP contribution is -2.33. The number of rotatable bonds is 12. The van der Waals surface area contributed by atoms with Crippen LogP contribution in [0.25, 0.3) is 4.85 Å². The molecule has 1 aliphatic rings. The highest BCUT2D eigenvalue weighted by atomic mass is 32.2. The van der Waals surface area contributed by atoms with Gasteiger partial charge in [0, 0.05) is 18.7 Å². The lowest BCUT2D eigenvalue weighted by molar-refractivity contribution is -0.140. The maximum atomic E-state index is 11.3. The van der Waals surface area contributed by atoms with Crippen molar-refractivity contribution in [1.82, 2.24) is 0 Å². The molecule has 0 unspecified atom stereocenters. The van der Waals surface area contributed by atoms with Gasteiger partial charge in [0.1, 0.15) is 28.9 Å². The molecule has 152 valence electrons. The molecular formula is C18H23N2O7S+. The van der Waals surface area contributed by atoms with Crippen molar-refractivity contribution >= 4 is 22.8 Å². The summed E-state index contributed by atoms with van der Waals surface area (Å²) in [5.74, 6) is -0.786. The third-order valence-electron chi connectivity index (χ3n) is 3.75. The number of carboxylic acid groups (broad SMARTS) is 1. The van der Waals surface area contributed by atoms with Crippen LogP contribution in [0, 0.1) is 6.57 Å². The van der Waals surface area contributed by atoms with Crippen LogP contribution in [0.1, 0.15) is 5.56 Å². The summed E-state index contributed by atoms with van der Waals surface area (Å²) in [5, 5.41) is 19.8. The number of thioether (sulfide) groups is 1. The van der Waals surface area contributed by atoms with Gasteiger partial charge in [-0.15, -0.1) is 0 Å². The number of aromatic hydroxyl groups is 1. The average molecular weight is 411 g/mol. The van der Waals surface area contributed by atoms with Gasteiger partial charge in [0.25, 0.3) is 6.57 Å². The minimum absolute atomic E-state index is 0.0678. The van der Waals surface area contributed by atoms with Crippen LogP contribution in [0.5, 0.6) is 11.5 Å². The normalized spacial score (nSPS) is 18.5. The second-order valence-electron chi connectivity index (χ2n) is 5.70. The van der Waals surface area contributed by atoms with Crippen LogP contribution in [0.15, 0.2) is 23.2 Å². The minimum atomic E-state index is -1.72. The van der Waals surface area contributed by atoms with Crippen molar-refractivity contribution in [2.24, 2.45) is 4.99 Å². The van der Waals surface area contributed by atoms with Gasteiger partial charge in [0.15, 0.2) is 0 Å². The number of phenolic OH excluding ortho intramolecular Hbond substituents is 1. The Morgan fingerprint density at radius 1 is 1.25 bits per heavy atom. The number of phenols is 1. The number of aliphatic carboxylic acids is 1. The van der Waals surface area contributed by atoms with E-state index in [0.29, 0.717) is 56.0 Å². The molecular weight excluding hydrogens is 388 g/mol. The van der Waals surface area contributed by atoms with E-state index in [9.17, 15) is 15.0 Å². The summed E-state index contributed by atoms with van der Waals surface area (Å²) in [7, 11) is 1.61. The van der Waals surface area contributed by atoms with Crippen LogP contribution in [-0.4, -0.2) is 79.4 Å². The summed E-state index contributed by atoms with van der Waals surface area (Å²) >= 11 is 1.16. The number of nitrogens with zero attached hydrogens (tertiary/aromatic N) is 2. The Morgan fingerprint density at radius 2 is 1.93 bits per heavy atom. The molecule has 1 aromatic carbocycles. The number of methoxy groups -OCH3 is 1. The van der Waals surface area contributed by atoms with Gasteiger partial charge in [0.05, 0.1) is 33.0 Å². The zero-order valence-corrected chi connectivity index (χ0v) is 16.3. The molecule has 10 heteroatoms. The van der Waals surface area contributed by atoms with Gasteiger partial charge in [0.2, 0.25) is 0 Å². The lowest BCUT2D eigenvalue weighted by atomic mass is 10.2. The zero-order chi connectivity index (χ0) is 20.4. The predicted molar refractivity (Wildman–Crippen MR) is 105 cm³/mol. The fraction of sp³-hybridized carbons (Fsp3) is 0.500. The molecule has 28 heavy (non-hydrogen) atoms. The first-order valence-electron chi connectivity index (χ1n) is 8.51. The van der Waals surface area contributed by atoms with Crippen molar-refractivity contribution in [3.8, 4) is 18.1 Å². The van der Waals surface area contributed by atoms with Crippen molar-refractivity contribution in [2.75, 3.05) is 52.5 Å². The zero-order valence-electron chi connectivity index (χ0n) is 15.5. The fourth-order valence-corrected chi connectivity index (χ4v) is 3.38. The van der Waals surface area contributed by atoms with E-state index >= 15 is 0 Å². The summed E-state index contributed by atoms with van der Waals surface area (Å²) in [5.41, 5.74) is -1.32. The van der Waals surface area contributed by atoms with Crippen LogP contribution >= 0.6 is 11.8 Å². The molecule has 0 amide bonds. The maximum Gasteiger partial charge on any atom is 0.478 e. The van der Waals surface area contributed by atoms with E-state index in [4.69, 9.17) is 25.5 Å². The molecule has 0 fully saturated rings. The summed E-state index contributed by atoms with van der Waals surface area (Å²) < 4.78 is 21.0. The number of carbonyl (C=O) groups is 1. The fourth-order valence-electron chi connectivity index (χ4n) is 2.24. The second kappa shape index (κ2) is 10.9. The Hall–Kier alpha value is -2.32. The molecule has 2 rings (SSSR count). The van der Waals surface area contributed by atoms with E-state index in [2.05, 4.69) is 9.84 Å². The van der Waals surface area contributed by atoms with Crippen LogP contribution in [0.4, 0.5) is 0 Å². The van der Waals surface area contributed by atoms with E-state index in [1.807, 2.05) is 0 Å². The van der Waals surface area contributed by atoms with E-state index < -0.39 is 11.6 Å². The van der Waals surface area contributed by atoms with Gasteiger partial charge in [-0.1, -0.05) is 11.8 Å². The monoisotopic (exact) mass is 411 g/mol. The molecule has 0 saturated carbocycles. The van der Waals surface area contributed by atoms with Crippen LogP contribution < -0.4 is 4.74 Å². The van der Waals surface area contributed by atoms with Gasteiger partial charge in [-0.3, -0.25) is 0 Å². The Balaban J connectivity index is 1.81. The molecule has 2 N–H and O–H groups in total. The summed E-state index contributed by atoms with van der Waals surface area (Å²) in [6.07, 6.45) is 0. The Labute approximate surface area is 167 Å². The summed E-state index contributed by atoms with van der Waals surface area (Å²) in [4.78, 5) is 18.8. The smallest absolute Gasteiger partial charge is 0.478 e. The Morgan fingerprint density at radius 3 is 2.50 bits per heavy atom. The van der Waals surface area contributed by atoms with Gasteiger partial charge in [-0.2, -0.15) is 4.99 Å². The first-order chi connectivity index (χ1) is 13.5. The molecule has 0 saturated heterocycles. The second-order valence-corrected chi connectivity index (χ2v) is 6.67. The van der Waals surface area contributed by atoms with Crippen LogP contribution in [0.2, 0.25) is 0 Å².